The van der Waals surface area contributed by atoms with Crippen molar-refractivity contribution in [2.45, 2.75) is 12.5 Å². The van der Waals surface area contributed by atoms with Gasteiger partial charge in [0.05, 0.1) is 20.3 Å². The Bertz CT molecular complexity index is 369. The average molecular weight is 235 g/mol. The third-order valence-corrected chi connectivity index (χ3v) is 2.84. The molecule has 1 heterocycles. The van der Waals surface area contributed by atoms with Crippen molar-refractivity contribution in [1.82, 2.24) is 5.32 Å². The molecular formula is C13H17NO3. The zero-order valence-electron chi connectivity index (χ0n) is 9.94. The molecule has 1 aromatic rings. The molecular weight excluding hydrogens is 218 g/mol. The summed E-state index contributed by atoms with van der Waals surface area (Å²) in [5.74, 6) is 0.899. The Hall–Kier alpha value is -1.39. The minimum Gasteiger partial charge on any atom is -0.497 e. The van der Waals surface area contributed by atoms with Gasteiger partial charge in [0.15, 0.2) is 5.78 Å². The molecule has 1 aromatic carbocycles. The number of Topliss-reactive ketones (excluding diaryl/α,β-unsaturated/α-hetero) is 1. The van der Waals surface area contributed by atoms with Crippen molar-refractivity contribution in [1.29, 1.82) is 0 Å². The molecule has 2 rings (SSSR count). The van der Waals surface area contributed by atoms with Crippen LogP contribution in [0.2, 0.25) is 0 Å². The summed E-state index contributed by atoms with van der Waals surface area (Å²) in [6, 6.07) is 7.34. The molecule has 1 saturated heterocycles. The van der Waals surface area contributed by atoms with Crippen LogP contribution in [0.5, 0.6) is 5.75 Å². The Morgan fingerprint density at radius 2 is 2.24 bits per heavy atom. The number of ketones is 1. The summed E-state index contributed by atoms with van der Waals surface area (Å²) < 4.78 is 10.4. The van der Waals surface area contributed by atoms with E-state index in [4.69, 9.17) is 9.47 Å². The van der Waals surface area contributed by atoms with Crippen LogP contribution in [0.1, 0.15) is 16.8 Å². The number of ether oxygens (including phenoxy) is 2. The molecule has 1 atom stereocenters. The van der Waals surface area contributed by atoms with Crippen LogP contribution in [0.15, 0.2) is 24.3 Å². The van der Waals surface area contributed by atoms with Crippen LogP contribution in [0, 0.1) is 0 Å². The van der Waals surface area contributed by atoms with Gasteiger partial charge in [-0.3, -0.25) is 4.79 Å². The summed E-state index contributed by atoms with van der Waals surface area (Å²) in [4.78, 5) is 12.0. The van der Waals surface area contributed by atoms with Gasteiger partial charge in [-0.1, -0.05) is 0 Å². The summed E-state index contributed by atoms with van der Waals surface area (Å²) in [7, 11) is 1.61. The molecule has 1 unspecified atom stereocenters. The average Bonchev–Trinajstić information content (AvgIpc) is 2.40. The second-order valence-corrected chi connectivity index (χ2v) is 4.08. The fourth-order valence-electron chi connectivity index (χ4n) is 1.87. The van der Waals surface area contributed by atoms with Gasteiger partial charge in [-0.05, 0) is 24.3 Å². The lowest BCUT2D eigenvalue weighted by Gasteiger charge is -2.23. The highest BCUT2D eigenvalue weighted by Gasteiger charge is 2.17. The van der Waals surface area contributed by atoms with E-state index in [9.17, 15) is 4.79 Å². The SMILES string of the molecule is COc1ccc(C(=O)CC2COCCN2)cc1. The number of carbonyl (C=O) groups is 1. The minimum atomic E-state index is 0.135. The molecule has 17 heavy (non-hydrogen) atoms. The van der Waals surface area contributed by atoms with Gasteiger partial charge in [-0.25, -0.2) is 0 Å². The molecule has 0 aromatic heterocycles. The summed E-state index contributed by atoms with van der Waals surface area (Å²) in [5.41, 5.74) is 0.721. The molecule has 0 bridgehead atoms. The van der Waals surface area contributed by atoms with Crippen LogP contribution >= 0.6 is 0 Å². The van der Waals surface area contributed by atoms with Crippen molar-refractivity contribution >= 4 is 5.78 Å². The van der Waals surface area contributed by atoms with Gasteiger partial charge in [0.25, 0.3) is 0 Å². The first-order valence-corrected chi connectivity index (χ1v) is 5.78. The lowest BCUT2D eigenvalue weighted by molar-refractivity contribution is 0.0676. The quantitative estimate of drug-likeness (QED) is 0.798. The van der Waals surface area contributed by atoms with E-state index in [1.54, 1.807) is 31.4 Å². The number of hydrogen-bond acceptors (Lipinski definition) is 4. The van der Waals surface area contributed by atoms with Crippen LogP contribution in [0.3, 0.4) is 0 Å². The van der Waals surface area contributed by atoms with Crippen molar-refractivity contribution < 1.29 is 14.3 Å². The highest BCUT2D eigenvalue weighted by molar-refractivity contribution is 5.96. The third kappa shape index (κ3) is 3.28. The number of hydrogen-bond donors (Lipinski definition) is 1. The van der Waals surface area contributed by atoms with Crippen molar-refractivity contribution in [3.8, 4) is 5.75 Å². The molecule has 1 N–H and O–H groups in total. The maximum atomic E-state index is 12.0. The molecule has 92 valence electrons. The van der Waals surface area contributed by atoms with E-state index in [1.165, 1.54) is 0 Å². The Kier molecular flexibility index (Phi) is 4.12. The van der Waals surface area contributed by atoms with Crippen LogP contribution in [-0.2, 0) is 4.74 Å². The maximum absolute atomic E-state index is 12.0. The maximum Gasteiger partial charge on any atom is 0.164 e. The smallest absolute Gasteiger partial charge is 0.164 e. The van der Waals surface area contributed by atoms with Crippen LogP contribution in [-0.4, -0.2) is 38.7 Å². The molecule has 1 aliphatic rings. The van der Waals surface area contributed by atoms with Crippen molar-refractivity contribution in [2.24, 2.45) is 0 Å². The molecule has 0 saturated carbocycles. The van der Waals surface area contributed by atoms with Crippen LogP contribution in [0.25, 0.3) is 0 Å². The highest BCUT2D eigenvalue weighted by atomic mass is 16.5. The third-order valence-electron chi connectivity index (χ3n) is 2.84. The standard InChI is InChI=1S/C13H17NO3/c1-16-12-4-2-10(3-5-12)13(15)8-11-9-17-7-6-14-11/h2-5,11,14H,6-9H2,1H3. The van der Waals surface area contributed by atoms with Gasteiger partial charge in [-0.15, -0.1) is 0 Å². The topological polar surface area (TPSA) is 47.6 Å². The van der Waals surface area contributed by atoms with E-state index >= 15 is 0 Å². The Balaban J connectivity index is 1.93. The van der Waals surface area contributed by atoms with E-state index in [1.807, 2.05) is 0 Å². The van der Waals surface area contributed by atoms with E-state index in [2.05, 4.69) is 5.32 Å². The normalized spacial score (nSPS) is 19.9. The Morgan fingerprint density at radius 3 is 2.82 bits per heavy atom. The zero-order chi connectivity index (χ0) is 12.1. The fraction of sp³-hybridized carbons (Fsp3) is 0.462. The van der Waals surface area contributed by atoms with E-state index in [0.717, 1.165) is 24.5 Å². The van der Waals surface area contributed by atoms with Gasteiger partial charge in [0, 0.05) is 24.6 Å². The lowest BCUT2D eigenvalue weighted by atomic mass is 10.0. The van der Waals surface area contributed by atoms with Crippen molar-refractivity contribution in [3.05, 3.63) is 29.8 Å². The summed E-state index contributed by atoms with van der Waals surface area (Å²) in [5, 5.41) is 3.27. The molecule has 0 spiro atoms. The first kappa shape index (κ1) is 12.1. The molecule has 0 radical (unpaired) electrons. The predicted molar refractivity (Wildman–Crippen MR) is 64.6 cm³/mol. The number of benzene rings is 1. The Labute approximate surface area is 101 Å². The van der Waals surface area contributed by atoms with E-state index < -0.39 is 0 Å². The van der Waals surface area contributed by atoms with Gasteiger partial charge in [0.2, 0.25) is 0 Å². The molecule has 1 aliphatic heterocycles. The number of morpholine rings is 1. The molecule has 0 amide bonds. The van der Waals surface area contributed by atoms with Gasteiger partial charge >= 0.3 is 0 Å². The van der Waals surface area contributed by atoms with Crippen molar-refractivity contribution in [2.75, 3.05) is 26.9 Å². The first-order valence-electron chi connectivity index (χ1n) is 5.78. The number of rotatable bonds is 4. The number of nitrogens with one attached hydrogen (secondary N) is 1. The molecule has 1 fully saturated rings. The van der Waals surface area contributed by atoms with Gasteiger partial charge in [-0.2, -0.15) is 0 Å². The summed E-state index contributed by atoms with van der Waals surface area (Å²) in [6.07, 6.45) is 0.479. The minimum absolute atomic E-state index is 0.135. The number of methoxy groups -OCH3 is 1. The molecule has 4 nitrogen and oxygen atoms in total. The predicted octanol–water partition coefficient (Wildman–Crippen LogP) is 1.26. The second-order valence-electron chi connectivity index (χ2n) is 4.08. The largest absolute Gasteiger partial charge is 0.497 e. The lowest BCUT2D eigenvalue weighted by Crippen LogP contribution is -2.42. The summed E-state index contributed by atoms with van der Waals surface area (Å²) >= 11 is 0. The highest BCUT2D eigenvalue weighted by Crippen LogP contribution is 2.13. The van der Waals surface area contributed by atoms with Crippen molar-refractivity contribution in [3.63, 3.8) is 0 Å². The first-order chi connectivity index (χ1) is 8.29. The van der Waals surface area contributed by atoms with Gasteiger partial charge in [0.1, 0.15) is 5.75 Å². The monoisotopic (exact) mass is 235 g/mol. The van der Waals surface area contributed by atoms with Gasteiger partial charge < -0.3 is 14.8 Å². The van der Waals surface area contributed by atoms with E-state index in [-0.39, 0.29) is 11.8 Å². The second kappa shape index (κ2) is 5.80. The summed E-state index contributed by atoms with van der Waals surface area (Å²) in [6.45, 7) is 2.16. The van der Waals surface area contributed by atoms with Crippen LogP contribution in [0.4, 0.5) is 0 Å². The van der Waals surface area contributed by atoms with Crippen LogP contribution < -0.4 is 10.1 Å². The fourth-order valence-corrected chi connectivity index (χ4v) is 1.87. The molecule has 0 aliphatic carbocycles. The van der Waals surface area contributed by atoms with E-state index in [0.29, 0.717) is 13.0 Å². The number of carbonyl (C=O) groups excluding carboxylic acids is 1. The molecule has 4 heteroatoms. The zero-order valence-corrected chi connectivity index (χ0v) is 9.94. The Morgan fingerprint density at radius 1 is 1.47 bits per heavy atom.